The molecule has 0 aliphatic carbocycles. The molecule has 1 atom stereocenters. The molecule has 0 saturated carbocycles. The number of ether oxygens (including phenoxy) is 1. The molecule has 0 aliphatic rings. The van der Waals surface area contributed by atoms with Crippen LogP contribution in [0.15, 0.2) is 47.2 Å². The second-order valence-electron chi connectivity index (χ2n) is 7.42. The molecule has 1 N–H and O–H groups in total. The Labute approximate surface area is 203 Å². The number of aromatic nitrogens is 4. The van der Waals surface area contributed by atoms with Crippen molar-refractivity contribution >= 4 is 24.0 Å². The second kappa shape index (κ2) is 9.68. The standard InChI is InChI=1S/C21H14F6N4O4.ClH/c1-10(20(22,23)24)34-15-3-2-12(6-14(15)21(25,26)27)19-29-18(30-35-19)11-4-5-31-9-13(8-17(32)33)28-16(31)7-11;/h2-7,9-10H,8H2,1H3,(H,32,33);1H. The number of alkyl halides is 6. The monoisotopic (exact) mass is 536 g/mol. The van der Waals surface area contributed by atoms with Crippen LogP contribution >= 0.6 is 12.4 Å². The van der Waals surface area contributed by atoms with Gasteiger partial charge in [-0.25, -0.2) is 4.98 Å². The summed E-state index contributed by atoms with van der Waals surface area (Å²) in [5.74, 6) is -2.35. The Balaban J connectivity index is 0.00000361. The van der Waals surface area contributed by atoms with Crippen LogP contribution in [-0.4, -0.2) is 42.9 Å². The predicted octanol–water partition coefficient (Wildman–Crippen LogP) is 5.45. The highest BCUT2D eigenvalue weighted by Gasteiger charge is 2.41. The summed E-state index contributed by atoms with van der Waals surface area (Å²) < 4.78 is 90.0. The number of rotatable bonds is 6. The van der Waals surface area contributed by atoms with E-state index in [0.717, 1.165) is 12.1 Å². The summed E-state index contributed by atoms with van der Waals surface area (Å²) in [6.07, 6.45) is -9.53. The average Bonchev–Trinajstić information content (AvgIpc) is 3.38. The van der Waals surface area contributed by atoms with Crippen molar-refractivity contribution in [2.24, 2.45) is 0 Å². The minimum absolute atomic E-state index is 0. The van der Waals surface area contributed by atoms with Gasteiger partial charge in [0.2, 0.25) is 5.82 Å². The Hall–Kier alpha value is -3.81. The molecule has 36 heavy (non-hydrogen) atoms. The first kappa shape index (κ1) is 26.8. The van der Waals surface area contributed by atoms with E-state index >= 15 is 0 Å². The van der Waals surface area contributed by atoms with Crippen LogP contribution in [-0.2, 0) is 17.4 Å². The van der Waals surface area contributed by atoms with Gasteiger partial charge in [0.25, 0.3) is 5.89 Å². The molecule has 1 unspecified atom stereocenters. The van der Waals surface area contributed by atoms with E-state index in [1.54, 1.807) is 16.7 Å². The smallest absolute Gasteiger partial charge is 0.425 e. The molecular formula is C21H15ClF6N4O4. The van der Waals surface area contributed by atoms with E-state index in [1.807, 2.05) is 0 Å². The van der Waals surface area contributed by atoms with E-state index in [4.69, 9.17) is 9.63 Å². The van der Waals surface area contributed by atoms with E-state index < -0.39 is 35.7 Å². The molecule has 4 aromatic rings. The quantitative estimate of drug-likeness (QED) is 0.327. The highest BCUT2D eigenvalue weighted by atomic mass is 35.5. The van der Waals surface area contributed by atoms with Gasteiger partial charge in [-0.2, -0.15) is 31.3 Å². The van der Waals surface area contributed by atoms with Crippen LogP contribution in [0.4, 0.5) is 26.3 Å². The van der Waals surface area contributed by atoms with Crippen LogP contribution in [0.5, 0.6) is 5.75 Å². The molecule has 15 heteroatoms. The zero-order chi connectivity index (χ0) is 25.5. The Morgan fingerprint density at radius 3 is 2.47 bits per heavy atom. The van der Waals surface area contributed by atoms with Crippen molar-refractivity contribution < 1.29 is 45.5 Å². The third kappa shape index (κ3) is 5.70. The molecule has 0 amide bonds. The number of imidazole rings is 1. The van der Waals surface area contributed by atoms with Gasteiger partial charge >= 0.3 is 18.3 Å². The predicted molar refractivity (Wildman–Crippen MR) is 114 cm³/mol. The summed E-state index contributed by atoms with van der Waals surface area (Å²) in [5, 5.41) is 12.6. The maximum absolute atomic E-state index is 13.5. The lowest BCUT2D eigenvalue weighted by Crippen LogP contribution is -2.31. The van der Waals surface area contributed by atoms with Crippen molar-refractivity contribution in [2.75, 3.05) is 0 Å². The minimum Gasteiger partial charge on any atom is -0.481 e. The summed E-state index contributed by atoms with van der Waals surface area (Å²) in [6.45, 7) is 0.597. The maximum atomic E-state index is 13.5. The van der Waals surface area contributed by atoms with Gasteiger partial charge in [0.05, 0.1) is 17.7 Å². The first-order valence-electron chi connectivity index (χ1n) is 9.80. The summed E-state index contributed by atoms with van der Waals surface area (Å²) in [5.41, 5.74) is -0.547. The van der Waals surface area contributed by atoms with Gasteiger partial charge in [-0.05, 0) is 37.3 Å². The Morgan fingerprint density at radius 1 is 1.11 bits per heavy atom. The average molecular weight is 537 g/mol. The van der Waals surface area contributed by atoms with Crippen molar-refractivity contribution in [3.8, 4) is 28.6 Å². The fraction of sp³-hybridized carbons (Fsp3) is 0.238. The largest absolute Gasteiger partial charge is 0.481 e. The van der Waals surface area contributed by atoms with E-state index in [2.05, 4.69) is 19.9 Å². The van der Waals surface area contributed by atoms with Crippen LogP contribution in [0.1, 0.15) is 18.2 Å². The Bertz CT molecular complexity index is 1400. The summed E-state index contributed by atoms with van der Waals surface area (Å²) in [7, 11) is 0. The highest BCUT2D eigenvalue weighted by molar-refractivity contribution is 5.85. The number of hydrogen-bond acceptors (Lipinski definition) is 6. The molecule has 1 aromatic carbocycles. The molecule has 0 aliphatic heterocycles. The number of carbonyl (C=O) groups is 1. The first-order chi connectivity index (χ1) is 16.3. The number of nitrogens with zero attached hydrogens (tertiary/aromatic N) is 4. The van der Waals surface area contributed by atoms with Crippen molar-refractivity contribution in [3.63, 3.8) is 0 Å². The van der Waals surface area contributed by atoms with Gasteiger partial charge in [0.15, 0.2) is 6.10 Å². The van der Waals surface area contributed by atoms with E-state index in [1.165, 1.54) is 12.3 Å². The third-order valence-corrected chi connectivity index (χ3v) is 4.82. The van der Waals surface area contributed by atoms with Gasteiger partial charge in [-0.3, -0.25) is 4.79 Å². The summed E-state index contributed by atoms with van der Waals surface area (Å²) >= 11 is 0. The minimum atomic E-state index is -5.01. The van der Waals surface area contributed by atoms with Crippen LogP contribution in [0.2, 0.25) is 0 Å². The number of benzene rings is 1. The Morgan fingerprint density at radius 2 is 1.83 bits per heavy atom. The van der Waals surface area contributed by atoms with E-state index in [0.29, 0.717) is 29.9 Å². The lowest BCUT2D eigenvalue weighted by molar-refractivity contribution is -0.191. The highest BCUT2D eigenvalue weighted by Crippen LogP contribution is 2.40. The number of halogens is 7. The second-order valence-corrected chi connectivity index (χ2v) is 7.42. The maximum Gasteiger partial charge on any atom is 0.425 e. The molecule has 192 valence electrons. The zero-order valence-corrected chi connectivity index (χ0v) is 18.8. The zero-order valence-electron chi connectivity index (χ0n) is 18.0. The number of aliphatic carboxylic acids is 1. The summed E-state index contributed by atoms with van der Waals surface area (Å²) in [6, 6.07) is 5.47. The van der Waals surface area contributed by atoms with Gasteiger partial charge in [0, 0.05) is 23.5 Å². The molecule has 3 aromatic heterocycles. The molecule has 4 rings (SSSR count). The van der Waals surface area contributed by atoms with Crippen LogP contribution < -0.4 is 4.74 Å². The fourth-order valence-corrected chi connectivity index (χ4v) is 3.12. The lowest BCUT2D eigenvalue weighted by Gasteiger charge is -2.20. The normalized spacial score (nSPS) is 12.9. The molecule has 3 heterocycles. The molecule has 0 saturated heterocycles. The summed E-state index contributed by atoms with van der Waals surface area (Å²) in [4.78, 5) is 19.1. The first-order valence-corrected chi connectivity index (χ1v) is 9.80. The molecule has 0 fully saturated rings. The van der Waals surface area contributed by atoms with Crippen molar-refractivity contribution in [3.05, 3.63) is 54.0 Å². The SMILES string of the molecule is CC(Oc1ccc(-c2nc(-c3ccn4cc(CC(=O)O)nc4c3)no2)cc1C(F)(F)F)C(F)(F)F.Cl. The van der Waals surface area contributed by atoms with Gasteiger partial charge in [-0.1, -0.05) is 5.16 Å². The number of fused-ring (bicyclic) bond motifs is 1. The Kier molecular flexibility index (Phi) is 7.20. The number of carboxylic acids is 1. The number of pyridine rings is 1. The number of hydrogen-bond donors (Lipinski definition) is 1. The third-order valence-electron chi connectivity index (χ3n) is 4.82. The van der Waals surface area contributed by atoms with E-state index in [9.17, 15) is 31.1 Å². The van der Waals surface area contributed by atoms with Crippen molar-refractivity contribution in [1.29, 1.82) is 0 Å². The van der Waals surface area contributed by atoms with Crippen molar-refractivity contribution in [1.82, 2.24) is 19.5 Å². The van der Waals surface area contributed by atoms with Gasteiger partial charge in [-0.15, -0.1) is 12.4 Å². The molecule has 8 nitrogen and oxygen atoms in total. The molecule has 0 bridgehead atoms. The fourth-order valence-electron chi connectivity index (χ4n) is 3.12. The molecule has 0 radical (unpaired) electrons. The van der Waals surface area contributed by atoms with E-state index in [-0.39, 0.29) is 36.1 Å². The van der Waals surface area contributed by atoms with Crippen molar-refractivity contribution in [2.45, 2.75) is 31.8 Å². The van der Waals surface area contributed by atoms with Crippen LogP contribution in [0, 0.1) is 0 Å². The van der Waals surface area contributed by atoms with Gasteiger partial charge in [0.1, 0.15) is 11.4 Å². The van der Waals surface area contributed by atoms with Crippen LogP contribution in [0.25, 0.3) is 28.5 Å². The topological polar surface area (TPSA) is 103 Å². The molecular weight excluding hydrogens is 522 g/mol. The van der Waals surface area contributed by atoms with Gasteiger partial charge < -0.3 is 18.8 Å². The number of carboxylic acid groups (broad SMARTS) is 1. The lowest BCUT2D eigenvalue weighted by atomic mass is 10.1. The molecule has 0 spiro atoms. The van der Waals surface area contributed by atoms with Crippen LogP contribution in [0.3, 0.4) is 0 Å².